The summed E-state index contributed by atoms with van der Waals surface area (Å²) in [7, 11) is 0. The topological polar surface area (TPSA) is 71.2 Å². The molecule has 6 heteroatoms. The average Bonchev–Trinajstić information content (AvgIpc) is 2.97. The summed E-state index contributed by atoms with van der Waals surface area (Å²) >= 11 is 1.45. The minimum atomic E-state index is -0.113. The van der Waals surface area contributed by atoms with Gasteiger partial charge in [0.15, 0.2) is 0 Å². The lowest BCUT2D eigenvalue weighted by Gasteiger charge is -2.32. The third kappa shape index (κ3) is 4.76. The van der Waals surface area contributed by atoms with Crippen molar-refractivity contribution in [3.63, 3.8) is 0 Å². The van der Waals surface area contributed by atoms with Gasteiger partial charge in [-0.25, -0.2) is 4.98 Å². The first-order valence-electron chi connectivity index (χ1n) is 7.84. The van der Waals surface area contributed by atoms with Gasteiger partial charge in [-0.15, -0.1) is 11.3 Å². The number of carbonyl (C=O) groups excluding carboxylic acids is 1. The minimum absolute atomic E-state index is 0.0647. The summed E-state index contributed by atoms with van der Waals surface area (Å²) in [5, 5.41) is 5.71. The zero-order chi connectivity index (χ0) is 15.2. The Hall–Kier alpha value is -0.980. The van der Waals surface area contributed by atoms with Crippen LogP contribution in [0.4, 0.5) is 0 Å². The number of likely N-dealkylation sites (tertiary alicyclic amines) is 1. The molecule has 2 heterocycles. The Balaban J connectivity index is 1.78. The fourth-order valence-corrected chi connectivity index (χ4v) is 3.30. The lowest BCUT2D eigenvalue weighted by molar-refractivity contribution is 0.0906. The van der Waals surface area contributed by atoms with Gasteiger partial charge in [0.1, 0.15) is 10.7 Å². The number of nitrogens with two attached hydrogens (primary N) is 1. The first-order chi connectivity index (χ1) is 10.1. The number of hydrogen-bond acceptors (Lipinski definition) is 5. The Morgan fingerprint density at radius 1 is 1.57 bits per heavy atom. The van der Waals surface area contributed by atoms with Crippen LogP contribution in [-0.2, 0) is 0 Å². The molecule has 0 radical (unpaired) electrons. The number of thiazole rings is 1. The Kier molecular flexibility index (Phi) is 6.14. The summed E-state index contributed by atoms with van der Waals surface area (Å²) in [6.07, 6.45) is 4.55. The van der Waals surface area contributed by atoms with Crippen molar-refractivity contribution in [2.45, 2.75) is 51.6 Å². The van der Waals surface area contributed by atoms with Crippen LogP contribution in [0.15, 0.2) is 5.38 Å². The highest BCUT2D eigenvalue weighted by atomic mass is 32.1. The molecule has 0 spiro atoms. The molecule has 1 atom stereocenters. The molecule has 118 valence electrons. The number of hydrogen-bond donors (Lipinski definition) is 2. The Labute approximate surface area is 130 Å². The van der Waals surface area contributed by atoms with Crippen molar-refractivity contribution < 1.29 is 4.79 Å². The predicted octanol–water partition coefficient (Wildman–Crippen LogP) is 2.16. The van der Waals surface area contributed by atoms with E-state index in [1.807, 2.05) is 6.92 Å². The highest BCUT2D eigenvalue weighted by Gasteiger charge is 2.22. The molecule has 1 aromatic heterocycles. The number of unbranched alkanes of at least 4 members (excludes halogenated alkanes) is 1. The van der Waals surface area contributed by atoms with Crippen LogP contribution in [0.2, 0.25) is 0 Å². The van der Waals surface area contributed by atoms with Crippen LogP contribution < -0.4 is 11.1 Å². The molecule has 1 aliphatic heterocycles. The Bertz CT molecular complexity index is 452. The Morgan fingerprint density at radius 3 is 2.86 bits per heavy atom. The molecule has 5 nitrogen and oxygen atoms in total. The molecule has 1 saturated heterocycles. The molecule has 21 heavy (non-hydrogen) atoms. The van der Waals surface area contributed by atoms with Crippen molar-refractivity contribution in [2.75, 3.05) is 19.6 Å². The van der Waals surface area contributed by atoms with Gasteiger partial charge in [-0.3, -0.25) is 4.79 Å². The van der Waals surface area contributed by atoms with E-state index in [1.54, 1.807) is 5.38 Å². The van der Waals surface area contributed by atoms with Crippen LogP contribution in [0.5, 0.6) is 0 Å². The van der Waals surface area contributed by atoms with Gasteiger partial charge in [-0.1, -0.05) is 13.3 Å². The second kappa shape index (κ2) is 7.87. The van der Waals surface area contributed by atoms with Crippen molar-refractivity contribution in [3.8, 4) is 0 Å². The van der Waals surface area contributed by atoms with Gasteiger partial charge >= 0.3 is 0 Å². The highest BCUT2D eigenvalue weighted by molar-refractivity contribution is 7.09. The molecule has 1 aliphatic rings. The van der Waals surface area contributed by atoms with Gasteiger partial charge in [0.05, 0.1) is 6.04 Å². The van der Waals surface area contributed by atoms with Gasteiger partial charge in [0.2, 0.25) is 0 Å². The molecule has 1 amide bonds. The molecule has 0 saturated carbocycles. The first kappa shape index (κ1) is 16.4. The van der Waals surface area contributed by atoms with E-state index in [0.717, 1.165) is 30.9 Å². The Morgan fingerprint density at radius 2 is 2.29 bits per heavy atom. The third-order valence-electron chi connectivity index (χ3n) is 3.89. The van der Waals surface area contributed by atoms with E-state index in [1.165, 1.54) is 30.7 Å². The van der Waals surface area contributed by atoms with Crippen molar-refractivity contribution in [3.05, 3.63) is 16.1 Å². The zero-order valence-corrected chi connectivity index (χ0v) is 13.8. The van der Waals surface area contributed by atoms with E-state index in [2.05, 4.69) is 22.1 Å². The SMILES string of the molecule is CCCCN1CCC(NC(=O)c2csc(C(C)N)n2)CC1. The van der Waals surface area contributed by atoms with E-state index in [0.29, 0.717) is 5.69 Å². The first-order valence-corrected chi connectivity index (χ1v) is 8.72. The summed E-state index contributed by atoms with van der Waals surface area (Å²) in [5.74, 6) is -0.0647. The highest BCUT2D eigenvalue weighted by Crippen LogP contribution is 2.17. The van der Waals surface area contributed by atoms with Gasteiger partial charge in [0, 0.05) is 24.5 Å². The molecule has 0 aromatic carbocycles. The monoisotopic (exact) mass is 310 g/mol. The number of nitrogens with zero attached hydrogens (tertiary/aromatic N) is 2. The molecule has 0 bridgehead atoms. The van der Waals surface area contributed by atoms with Crippen molar-refractivity contribution in [1.29, 1.82) is 0 Å². The second-order valence-electron chi connectivity index (χ2n) is 5.80. The van der Waals surface area contributed by atoms with Crippen LogP contribution >= 0.6 is 11.3 Å². The van der Waals surface area contributed by atoms with E-state index in [9.17, 15) is 4.79 Å². The molecular weight excluding hydrogens is 284 g/mol. The van der Waals surface area contributed by atoms with E-state index in [-0.39, 0.29) is 18.0 Å². The lowest BCUT2D eigenvalue weighted by Crippen LogP contribution is -2.44. The van der Waals surface area contributed by atoms with Crippen LogP contribution in [0.25, 0.3) is 0 Å². The minimum Gasteiger partial charge on any atom is -0.348 e. The van der Waals surface area contributed by atoms with Crippen molar-refractivity contribution in [2.24, 2.45) is 5.73 Å². The number of amides is 1. The van der Waals surface area contributed by atoms with Gasteiger partial charge in [-0.05, 0) is 32.7 Å². The smallest absolute Gasteiger partial charge is 0.270 e. The van der Waals surface area contributed by atoms with Gasteiger partial charge < -0.3 is 16.0 Å². The second-order valence-corrected chi connectivity index (χ2v) is 6.69. The summed E-state index contributed by atoms with van der Waals surface area (Å²) in [5.41, 5.74) is 6.28. The largest absolute Gasteiger partial charge is 0.348 e. The quantitative estimate of drug-likeness (QED) is 0.844. The van der Waals surface area contributed by atoms with Crippen LogP contribution in [-0.4, -0.2) is 41.5 Å². The van der Waals surface area contributed by atoms with Crippen molar-refractivity contribution >= 4 is 17.2 Å². The summed E-state index contributed by atoms with van der Waals surface area (Å²) in [4.78, 5) is 19.0. The molecule has 2 rings (SSSR count). The van der Waals surface area contributed by atoms with Gasteiger partial charge in [0.25, 0.3) is 5.91 Å². The number of rotatable bonds is 6. The molecule has 0 aliphatic carbocycles. The maximum atomic E-state index is 12.2. The van der Waals surface area contributed by atoms with E-state index >= 15 is 0 Å². The summed E-state index contributed by atoms with van der Waals surface area (Å²) in [6, 6.07) is 0.161. The summed E-state index contributed by atoms with van der Waals surface area (Å²) < 4.78 is 0. The number of piperidine rings is 1. The van der Waals surface area contributed by atoms with E-state index in [4.69, 9.17) is 5.73 Å². The fraction of sp³-hybridized carbons (Fsp3) is 0.733. The van der Waals surface area contributed by atoms with Gasteiger partial charge in [-0.2, -0.15) is 0 Å². The predicted molar refractivity (Wildman–Crippen MR) is 86.6 cm³/mol. The van der Waals surface area contributed by atoms with E-state index < -0.39 is 0 Å². The number of nitrogens with one attached hydrogen (secondary N) is 1. The molecule has 1 fully saturated rings. The molecule has 3 N–H and O–H groups in total. The number of aromatic nitrogens is 1. The van der Waals surface area contributed by atoms with Crippen molar-refractivity contribution in [1.82, 2.24) is 15.2 Å². The number of carbonyl (C=O) groups is 1. The standard InChI is InChI=1S/C15H26N4OS/c1-3-4-7-19-8-5-12(6-9-19)17-14(20)13-10-21-15(18-13)11(2)16/h10-12H,3-9,16H2,1-2H3,(H,17,20). The molecule has 1 aromatic rings. The summed E-state index contributed by atoms with van der Waals surface area (Å²) in [6.45, 7) is 7.44. The van der Waals surface area contributed by atoms with Crippen LogP contribution in [0, 0.1) is 0 Å². The maximum absolute atomic E-state index is 12.2. The lowest BCUT2D eigenvalue weighted by atomic mass is 10.0. The zero-order valence-electron chi connectivity index (χ0n) is 13.0. The third-order valence-corrected chi connectivity index (χ3v) is 4.94. The molecule has 1 unspecified atom stereocenters. The normalized spacial score (nSPS) is 18.6. The maximum Gasteiger partial charge on any atom is 0.270 e. The molecular formula is C15H26N4OS. The average molecular weight is 310 g/mol. The fourth-order valence-electron chi connectivity index (χ4n) is 2.54. The van der Waals surface area contributed by atoms with Crippen LogP contribution in [0.3, 0.4) is 0 Å². The van der Waals surface area contributed by atoms with Crippen LogP contribution in [0.1, 0.15) is 61.1 Å².